The van der Waals surface area contributed by atoms with Crippen LogP contribution in [-0.2, 0) is 4.79 Å². The lowest BCUT2D eigenvalue weighted by atomic mass is 10.1. The summed E-state index contributed by atoms with van der Waals surface area (Å²) in [5, 5.41) is 11.6. The Morgan fingerprint density at radius 2 is 2.35 bits per heavy atom. The second kappa shape index (κ2) is 4.25. The van der Waals surface area contributed by atoms with Crippen LogP contribution in [0, 0.1) is 5.82 Å². The number of fused-ring (bicyclic) bond motifs is 1. The van der Waals surface area contributed by atoms with E-state index in [1.807, 2.05) is 0 Å². The Morgan fingerprint density at radius 3 is 3.06 bits per heavy atom. The Kier molecular flexibility index (Phi) is 2.78. The number of anilines is 2. The van der Waals surface area contributed by atoms with Crippen molar-refractivity contribution in [2.75, 3.05) is 17.6 Å². The number of nitrogens with one attached hydrogen (secondary N) is 1. The lowest BCUT2D eigenvalue weighted by molar-refractivity contribution is -0.134. The highest BCUT2D eigenvalue weighted by atomic mass is 19.1. The number of hydrogen-bond acceptors (Lipinski definition) is 4. The molecule has 88 valence electrons. The van der Waals surface area contributed by atoms with Crippen molar-refractivity contribution < 1.29 is 14.3 Å². The standard InChI is InChI=1S/C11H10FN3O2/c12-7-4-8(13)6-2-1-3-14-10(6)11(7)15-5-9(16)17/h1-4,15H,5,13H2,(H,16,17). The van der Waals surface area contributed by atoms with Gasteiger partial charge in [0.1, 0.15) is 6.54 Å². The lowest BCUT2D eigenvalue weighted by Crippen LogP contribution is -2.14. The molecule has 0 unspecified atom stereocenters. The van der Waals surface area contributed by atoms with Crippen LogP contribution in [0.15, 0.2) is 24.4 Å². The summed E-state index contributed by atoms with van der Waals surface area (Å²) in [5.74, 6) is -1.69. The average molecular weight is 235 g/mol. The molecule has 0 aliphatic rings. The van der Waals surface area contributed by atoms with Gasteiger partial charge in [-0.15, -0.1) is 0 Å². The van der Waals surface area contributed by atoms with Gasteiger partial charge in [-0.05, 0) is 18.2 Å². The summed E-state index contributed by atoms with van der Waals surface area (Å²) in [6.45, 7) is -0.382. The second-order valence-electron chi connectivity index (χ2n) is 3.47. The number of aliphatic carboxylic acids is 1. The summed E-state index contributed by atoms with van der Waals surface area (Å²) in [6.07, 6.45) is 1.49. The summed E-state index contributed by atoms with van der Waals surface area (Å²) in [7, 11) is 0. The first-order valence-corrected chi connectivity index (χ1v) is 4.88. The number of pyridine rings is 1. The van der Waals surface area contributed by atoms with Crippen LogP contribution in [0.2, 0.25) is 0 Å². The third-order valence-corrected chi connectivity index (χ3v) is 2.29. The molecule has 0 saturated carbocycles. The van der Waals surface area contributed by atoms with E-state index in [9.17, 15) is 9.18 Å². The summed E-state index contributed by atoms with van der Waals surface area (Å²) >= 11 is 0. The number of carboxylic acids is 1. The van der Waals surface area contributed by atoms with E-state index in [1.165, 1.54) is 6.20 Å². The monoisotopic (exact) mass is 235 g/mol. The van der Waals surface area contributed by atoms with Gasteiger partial charge in [0.05, 0.1) is 11.2 Å². The Labute approximate surface area is 96.1 Å². The number of carbonyl (C=O) groups is 1. The van der Waals surface area contributed by atoms with Gasteiger partial charge in [-0.1, -0.05) is 0 Å². The normalized spacial score (nSPS) is 10.4. The van der Waals surface area contributed by atoms with Crippen LogP contribution >= 0.6 is 0 Å². The first-order chi connectivity index (χ1) is 8.09. The van der Waals surface area contributed by atoms with Gasteiger partial charge < -0.3 is 16.2 Å². The van der Waals surface area contributed by atoms with Crippen molar-refractivity contribution in [2.45, 2.75) is 0 Å². The van der Waals surface area contributed by atoms with Gasteiger partial charge in [0.2, 0.25) is 0 Å². The van der Waals surface area contributed by atoms with Crippen molar-refractivity contribution in [1.29, 1.82) is 0 Å². The Morgan fingerprint density at radius 1 is 1.59 bits per heavy atom. The van der Waals surface area contributed by atoms with Gasteiger partial charge >= 0.3 is 5.97 Å². The fourth-order valence-corrected chi connectivity index (χ4v) is 1.57. The highest BCUT2D eigenvalue weighted by molar-refractivity contribution is 5.99. The minimum absolute atomic E-state index is 0.0530. The molecule has 2 rings (SSSR count). The number of benzene rings is 1. The molecule has 0 bridgehead atoms. The molecule has 17 heavy (non-hydrogen) atoms. The van der Waals surface area contributed by atoms with Crippen molar-refractivity contribution in [3.05, 3.63) is 30.2 Å². The molecule has 0 aliphatic carbocycles. The van der Waals surface area contributed by atoms with Crippen LogP contribution < -0.4 is 11.1 Å². The number of nitrogen functional groups attached to an aromatic ring is 1. The molecule has 0 atom stereocenters. The predicted molar refractivity (Wildman–Crippen MR) is 62.2 cm³/mol. The number of nitrogens with two attached hydrogens (primary N) is 1. The zero-order chi connectivity index (χ0) is 12.4. The van der Waals surface area contributed by atoms with Crippen molar-refractivity contribution in [2.24, 2.45) is 0 Å². The zero-order valence-electron chi connectivity index (χ0n) is 8.77. The fourth-order valence-electron chi connectivity index (χ4n) is 1.57. The quantitative estimate of drug-likeness (QED) is 0.701. The minimum Gasteiger partial charge on any atom is -0.480 e. The molecule has 0 aliphatic heterocycles. The van der Waals surface area contributed by atoms with E-state index in [-0.39, 0.29) is 17.9 Å². The highest BCUT2D eigenvalue weighted by Gasteiger charge is 2.12. The van der Waals surface area contributed by atoms with Crippen LogP contribution in [0.25, 0.3) is 10.9 Å². The summed E-state index contributed by atoms with van der Waals surface area (Å²) in [6, 6.07) is 4.52. The van der Waals surface area contributed by atoms with Gasteiger partial charge in [-0.25, -0.2) is 4.39 Å². The van der Waals surface area contributed by atoms with Crippen LogP contribution in [0.3, 0.4) is 0 Å². The molecule has 1 aromatic heterocycles. The molecule has 0 saturated heterocycles. The average Bonchev–Trinajstić information content (AvgIpc) is 2.28. The molecule has 0 fully saturated rings. The summed E-state index contributed by atoms with van der Waals surface area (Å²) in [4.78, 5) is 14.5. The molecule has 1 aromatic carbocycles. The SMILES string of the molecule is Nc1cc(F)c(NCC(=O)O)c2ncccc12. The minimum atomic E-state index is -1.08. The van der Waals surface area contributed by atoms with E-state index in [4.69, 9.17) is 10.8 Å². The third-order valence-electron chi connectivity index (χ3n) is 2.29. The molecule has 0 amide bonds. The maximum absolute atomic E-state index is 13.7. The summed E-state index contributed by atoms with van der Waals surface area (Å²) in [5.41, 5.74) is 6.31. The molecule has 1 heterocycles. The number of carboxylic acid groups (broad SMARTS) is 1. The van der Waals surface area contributed by atoms with Gasteiger partial charge in [-0.3, -0.25) is 9.78 Å². The smallest absolute Gasteiger partial charge is 0.322 e. The van der Waals surface area contributed by atoms with E-state index >= 15 is 0 Å². The number of rotatable bonds is 3. The molecule has 2 aromatic rings. The van der Waals surface area contributed by atoms with E-state index in [1.54, 1.807) is 12.1 Å². The number of aromatic nitrogens is 1. The van der Waals surface area contributed by atoms with Gasteiger partial charge in [0, 0.05) is 17.3 Å². The number of halogens is 1. The first-order valence-electron chi connectivity index (χ1n) is 4.88. The molecule has 4 N–H and O–H groups in total. The molecule has 0 spiro atoms. The molecule has 0 radical (unpaired) electrons. The number of hydrogen-bond donors (Lipinski definition) is 3. The largest absolute Gasteiger partial charge is 0.480 e. The van der Waals surface area contributed by atoms with Crippen molar-refractivity contribution in [1.82, 2.24) is 4.98 Å². The molecule has 5 nitrogen and oxygen atoms in total. The fraction of sp³-hybridized carbons (Fsp3) is 0.0909. The van der Waals surface area contributed by atoms with Crippen LogP contribution in [0.5, 0.6) is 0 Å². The van der Waals surface area contributed by atoms with E-state index in [2.05, 4.69) is 10.3 Å². The molecular weight excluding hydrogens is 225 g/mol. The van der Waals surface area contributed by atoms with Gasteiger partial charge in [0.15, 0.2) is 5.82 Å². The maximum Gasteiger partial charge on any atom is 0.322 e. The molecule has 6 heteroatoms. The predicted octanol–water partition coefficient (Wildman–Crippen LogP) is 1.45. The maximum atomic E-state index is 13.7. The Bertz CT molecular complexity index is 586. The van der Waals surface area contributed by atoms with E-state index in [0.717, 1.165) is 6.07 Å². The molecular formula is C11H10FN3O2. The zero-order valence-corrected chi connectivity index (χ0v) is 8.77. The first kappa shape index (κ1) is 11.1. The van der Waals surface area contributed by atoms with Crippen molar-refractivity contribution in [3.8, 4) is 0 Å². The van der Waals surface area contributed by atoms with Crippen LogP contribution in [0.4, 0.5) is 15.8 Å². The Hall–Kier alpha value is -2.37. The van der Waals surface area contributed by atoms with Crippen LogP contribution in [0.1, 0.15) is 0 Å². The van der Waals surface area contributed by atoms with Crippen molar-refractivity contribution >= 4 is 28.2 Å². The topological polar surface area (TPSA) is 88.2 Å². The van der Waals surface area contributed by atoms with Gasteiger partial charge in [0.25, 0.3) is 0 Å². The summed E-state index contributed by atoms with van der Waals surface area (Å²) < 4.78 is 13.7. The van der Waals surface area contributed by atoms with Crippen LogP contribution in [-0.4, -0.2) is 22.6 Å². The Balaban J connectivity index is 2.57. The second-order valence-corrected chi connectivity index (χ2v) is 3.47. The van der Waals surface area contributed by atoms with Crippen molar-refractivity contribution in [3.63, 3.8) is 0 Å². The lowest BCUT2D eigenvalue weighted by Gasteiger charge is -2.10. The van der Waals surface area contributed by atoms with E-state index < -0.39 is 11.8 Å². The third kappa shape index (κ3) is 2.10. The van der Waals surface area contributed by atoms with E-state index in [0.29, 0.717) is 10.9 Å². The number of nitrogens with zero attached hydrogens (tertiary/aromatic N) is 1. The van der Waals surface area contributed by atoms with Gasteiger partial charge in [-0.2, -0.15) is 0 Å². The highest BCUT2D eigenvalue weighted by Crippen LogP contribution is 2.29.